The maximum Gasteiger partial charge on any atom is 0.417 e. The van der Waals surface area contributed by atoms with Crippen molar-refractivity contribution in [2.24, 2.45) is 0 Å². The van der Waals surface area contributed by atoms with Crippen molar-refractivity contribution in [3.8, 4) is 34.0 Å². The van der Waals surface area contributed by atoms with Crippen molar-refractivity contribution in [3.05, 3.63) is 83.4 Å². The standard InChI is InChI=1S/C23H14F5N5O/c1-12-5-6-14(16(7-12)23(26,27)28)18-8-13(34-32-18)10-33-11-20-19(9-29-33)30-22(31-20)15-3-2-4-17(24)21(15)25/h2-9,11H,10H2,1H3. The molecule has 1 aromatic heterocycles. The Morgan fingerprint density at radius 3 is 2.53 bits per heavy atom. The first-order chi connectivity index (χ1) is 16.2. The van der Waals surface area contributed by atoms with E-state index in [-0.39, 0.29) is 35.0 Å². The fourth-order valence-corrected chi connectivity index (χ4v) is 3.53. The Balaban J connectivity index is 1.43. The molecule has 0 spiro atoms. The van der Waals surface area contributed by atoms with E-state index in [1.54, 1.807) is 13.0 Å². The molecule has 2 aliphatic rings. The largest absolute Gasteiger partial charge is 0.417 e. The predicted octanol–water partition coefficient (Wildman–Crippen LogP) is 5.75. The Morgan fingerprint density at radius 2 is 1.74 bits per heavy atom. The molecule has 172 valence electrons. The zero-order valence-corrected chi connectivity index (χ0v) is 17.4. The third kappa shape index (κ3) is 4.00. The van der Waals surface area contributed by atoms with Crippen LogP contribution in [0.3, 0.4) is 0 Å². The summed E-state index contributed by atoms with van der Waals surface area (Å²) in [5.74, 6) is -1.80. The van der Waals surface area contributed by atoms with Crippen molar-refractivity contribution in [1.29, 1.82) is 0 Å². The van der Waals surface area contributed by atoms with Crippen LogP contribution in [0.5, 0.6) is 0 Å². The summed E-state index contributed by atoms with van der Waals surface area (Å²) >= 11 is 0. The number of imidazole rings is 1. The van der Waals surface area contributed by atoms with Gasteiger partial charge in [-0.2, -0.15) is 18.3 Å². The number of benzene rings is 2. The number of hydrogen-bond acceptors (Lipinski definition) is 5. The molecule has 34 heavy (non-hydrogen) atoms. The van der Waals surface area contributed by atoms with E-state index >= 15 is 0 Å². The van der Waals surface area contributed by atoms with Crippen LogP contribution in [0.2, 0.25) is 0 Å². The van der Waals surface area contributed by atoms with Crippen molar-refractivity contribution >= 4 is 0 Å². The van der Waals surface area contributed by atoms with Gasteiger partial charge in [0.05, 0.1) is 23.5 Å². The number of aromatic nitrogens is 5. The number of aryl methyl sites for hydroxylation is 1. The molecule has 0 bridgehead atoms. The summed E-state index contributed by atoms with van der Waals surface area (Å²) in [4.78, 5) is 8.42. The molecule has 0 radical (unpaired) electrons. The number of fused-ring (bicyclic) bond motifs is 1. The average molecular weight is 471 g/mol. The Morgan fingerprint density at radius 1 is 0.941 bits per heavy atom. The lowest BCUT2D eigenvalue weighted by Crippen LogP contribution is -2.07. The fraction of sp³-hybridized carbons (Fsp3) is 0.130. The van der Waals surface area contributed by atoms with Crippen molar-refractivity contribution in [1.82, 2.24) is 24.9 Å². The quantitative estimate of drug-likeness (QED) is 0.312. The Kier molecular flexibility index (Phi) is 5.11. The summed E-state index contributed by atoms with van der Waals surface area (Å²) in [5, 5.41) is 7.97. The average Bonchev–Trinajstić information content (AvgIpc) is 3.42. The zero-order valence-electron chi connectivity index (χ0n) is 17.4. The van der Waals surface area contributed by atoms with Crippen LogP contribution in [-0.2, 0) is 12.7 Å². The molecule has 0 aliphatic carbocycles. The molecule has 2 aromatic carbocycles. The minimum Gasteiger partial charge on any atom is -0.359 e. The lowest BCUT2D eigenvalue weighted by atomic mass is 10.0. The van der Waals surface area contributed by atoms with Gasteiger partial charge in [-0.25, -0.2) is 18.7 Å². The van der Waals surface area contributed by atoms with E-state index in [9.17, 15) is 22.0 Å². The van der Waals surface area contributed by atoms with E-state index in [2.05, 4.69) is 20.2 Å². The number of halogens is 5. The number of nitrogens with zero attached hydrogens (tertiary/aromatic N) is 5. The summed E-state index contributed by atoms with van der Waals surface area (Å²) < 4.78 is 74.6. The lowest BCUT2D eigenvalue weighted by molar-refractivity contribution is -0.137. The van der Waals surface area contributed by atoms with Crippen molar-refractivity contribution in [3.63, 3.8) is 0 Å². The molecular formula is C23H14F5N5O. The topological polar surface area (TPSA) is 69.6 Å². The molecule has 5 rings (SSSR count). The first-order valence-corrected chi connectivity index (χ1v) is 9.97. The summed E-state index contributed by atoms with van der Waals surface area (Å²) in [6.07, 6.45) is -1.64. The van der Waals surface area contributed by atoms with Gasteiger partial charge in [-0.3, -0.25) is 4.68 Å². The van der Waals surface area contributed by atoms with Crippen LogP contribution in [0.25, 0.3) is 34.0 Å². The van der Waals surface area contributed by atoms with Crippen LogP contribution in [0, 0.1) is 18.6 Å². The second kappa shape index (κ2) is 8.01. The zero-order chi connectivity index (χ0) is 24.0. The first kappa shape index (κ1) is 21.7. The van der Waals surface area contributed by atoms with Crippen LogP contribution in [0.1, 0.15) is 16.9 Å². The molecule has 6 nitrogen and oxygen atoms in total. The molecule has 0 N–H and O–H groups in total. The van der Waals surface area contributed by atoms with Gasteiger partial charge in [0, 0.05) is 11.6 Å². The molecule has 0 saturated carbocycles. The molecular weight excluding hydrogens is 457 g/mol. The molecule has 0 amide bonds. The molecule has 0 fully saturated rings. The third-order valence-corrected chi connectivity index (χ3v) is 5.14. The highest BCUT2D eigenvalue weighted by Crippen LogP contribution is 2.37. The SMILES string of the molecule is Cc1ccc(-c2cc(Cn3cc4nc(-c5cccc(F)c5F)nc-4cn3)on2)c(C(F)(F)F)c1. The van der Waals surface area contributed by atoms with Crippen molar-refractivity contribution in [2.75, 3.05) is 0 Å². The minimum atomic E-state index is -4.54. The lowest BCUT2D eigenvalue weighted by Gasteiger charge is -2.11. The van der Waals surface area contributed by atoms with E-state index in [0.717, 1.165) is 12.1 Å². The fourth-order valence-electron chi connectivity index (χ4n) is 3.53. The highest BCUT2D eigenvalue weighted by atomic mass is 19.4. The number of rotatable bonds is 4. The molecule has 11 heteroatoms. The number of hydrogen-bond donors (Lipinski definition) is 0. The monoisotopic (exact) mass is 471 g/mol. The van der Waals surface area contributed by atoms with Gasteiger partial charge in [0.15, 0.2) is 23.2 Å². The molecule has 2 aliphatic heterocycles. The summed E-state index contributed by atoms with van der Waals surface area (Å²) in [7, 11) is 0. The minimum absolute atomic E-state index is 0.00699. The van der Waals surface area contributed by atoms with E-state index in [0.29, 0.717) is 17.0 Å². The molecule has 0 saturated heterocycles. The van der Waals surface area contributed by atoms with Gasteiger partial charge in [0.2, 0.25) is 0 Å². The molecule has 0 unspecified atom stereocenters. The van der Waals surface area contributed by atoms with Gasteiger partial charge in [-0.15, -0.1) is 0 Å². The third-order valence-electron chi connectivity index (χ3n) is 5.14. The van der Waals surface area contributed by atoms with Crippen LogP contribution >= 0.6 is 0 Å². The van der Waals surface area contributed by atoms with Gasteiger partial charge < -0.3 is 4.52 Å². The second-order valence-corrected chi connectivity index (χ2v) is 7.62. The summed E-state index contributed by atoms with van der Waals surface area (Å²) in [6.45, 7) is 1.62. The van der Waals surface area contributed by atoms with E-state index in [1.165, 1.54) is 41.3 Å². The van der Waals surface area contributed by atoms with Crippen molar-refractivity contribution < 1.29 is 26.5 Å². The van der Waals surface area contributed by atoms with Crippen LogP contribution in [0.4, 0.5) is 22.0 Å². The predicted molar refractivity (Wildman–Crippen MR) is 111 cm³/mol. The Bertz CT molecular complexity index is 1470. The van der Waals surface area contributed by atoms with Gasteiger partial charge in [-0.05, 0) is 25.1 Å². The Labute approximate surface area is 189 Å². The summed E-state index contributed by atoms with van der Waals surface area (Å²) in [6, 6.07) is 9.10. The van der Waals surface area contributed by atoms with Crippen molar-refractivity contribution in [2.45, 2.75) is 19.6 Å². The highest BCUT2D eigenvalue weighted by molar-refractivity contribution is 5.66. The van der Waals surface area contributed by atoms with Gasteiger partial charge in [0.25, 0.3) is 0 Å². The summed E-state index contributed by atoms with van der Waals surface area (Å²) in [5.41, 5.74) is 0.270. The van der Waals surface area contributed by atoms with E-state index in [1.807, 2.05) is 0 Å². The maximum atomic E-state index is 14.1. The van der Waals surface area contributed by atoms with E-state index in [4.69, 9.17) is 4.52 Å². The van der Waals surface area contributed by atoms with Crippen LogP contribution < -0.4 is 0 Å². The van der Waals surface area contributed by atoms with Crippen LogP contribution in [0.15, 0.2) is 59.4 Å². The first-order valence-electron chi connectivity index (χ1n) is 9.97. The van der Waals surface area contributed by atoms with Gasteiger partial charge >= 0.3 is 6.18 Å². The molecule has 3 aromatic rings. The highest BCUT2D eigenvalue weighted by Gasteiger charge is 2.34. The normalized spacial score (nSPS) is 11.9. The molecule has 0 atom stereocenters. The maximum absolute atomic E-state index is 14.1. The van der Waals surface area contributed by atoms with Gasteiger partial charge in [-0.1, -0.05) is 28.9 Å². The number of alkyl halides is 3. The second-order valence-electron chi connectivity index (χ2n) is 7.62. The molecule has 3 heterocycles. The van der Waals surface area contributed by atoms with Crippen LogP contribution in [-0.4, -0.2) is 24.9 Å². The van der Waals surface area contributed by atoms with Gasteiger partial charge in [0.1, 0.15) is 23.6 Å². The smallest absolute Gasteiger partial charge is 0.359 e. The van der Waals surface area contributed by atoms with E-state index < -0.39 is 23.4 Å². The Hall–Kier alpha value is -4.15.